The molecule has 1 saturated carbocycles. The van der Waals surface area contributed by atoms with Crippen LogP contribution in [0.5, 0.6) is 0 Å². The molecule has 1 fully saturated rings. The van der Waals surface area contributed by atoms with Crippen molar-refractivity contribution >= 4 is 11.8 Å². The summed E-state index contributed by atoms with van der Waals surface area (Å²) in [6, 6.07) is 1.50. The van der Waals surface area contributed by atoms with E-state index in [2.05, 4.69) is 22.4 Å². The van der Waals surface area contributed by atoms with E-state index in [-0.39, 0.29) is 5.56 Å². The van der Waals surface area contributed by atoms with Crippen LogP contribution < -0.4 is 5.32 Å². The number of nitrogens with one attached hydrogen (secondary N) is 1. The van der Waals surface area contributed by atoms with Crippen LogP contribution >= 0.6 is 0 Å². The van der Waals surface area contributed by atoms with E-state index in [1.54, 1.807) is 0 Å². The molecule has 0 aromatic carbocycles. The molecule has 1 aliphatic rings. The third-order valence-corrected chi connectivity index (χ3v) is 2.72. The summed E-state index contributed by atoms with van der Waals surface area (Å²) in [5, 5.41) is 19.3. The molecule has 5 heteroatoms. The van der Waals surface area contributed by atoms with Crippen molar-refractivity contribution in [3.8, 4) is 0 Å². The van der Waals surface area contributed by atoms with E-state index in [0.29, 0.717) is 11.7 Å². The zero-order valence-electron chi connectivity index (χ0n) is 8.47. The van der Waals surface area contributed by atoms with Gasteiger partial charge in [0.05, 0.1) is 11.8 Å². The number of nitrogens with zero attached hydrogens (tertiary/aromatic N) is 2. The maximum atomic E-state index is 10.7. The second-order valence-corrected chi connectivity index (χ2v) is 3.99. The molecule has 1 aromatic heterocycles. The number of hydrogen-bond acceptors (Lipinski definition) is 4. The molecule has 0 saturated heterocycles. The third-order valence-electron chi connectivity index (χ3n) is 2.72. The lowest BCUT2D eigenvalue weighted by Gasteiger charge is -2.03. The minimum atomic E-state index is -0.979. The quantitative estimate of drug-likeness (QED) is 0.777. The molecule has 0 aliphatic heterocycles. The van der Waals surface area contributed by atoms with Gasteiger partial charge in [-0.2, -0.15) is 5.10 Å². The standard InChI is InChI=1S/C10H13N3O2/c1-6-2-7(6)4-11-9-3-8(10(14)15)5-12-13-9/h3,5-7H,2,4H2,1H3,(H,11,13)(H,14,15). The van der Waals surface area contributed by atoms with E-state index in [0.717, 1.165) is 12.5 Å². The average Bonchev–Trinajstić information content (AvgIpc) is 2.92. The van der Waals surface area contributed by atoms with Crippen LogP contribution in [0.25, 0.3) is 0 Å². The number of carboxylic acids is 1. The zero-order valence-corrected chi connectivity index (χ0v) is 8.47. The molecule has 1 aliphatic carbocycles. The van der Waals surface area contributed by atoms with Gasteiger partial charge in [0, 0.05) is 6.54 Å². The summed E-state index contributed by atoms with van der Waals surface area (Å²) in [5.41, 5.74) is 0.163. The highest BCUT2D eigenvalue weighted by Crippen LogP contribution is 2.37. The summed E-state index contributed by atoms with van der Waals surface area (Å²) >= 11 is 0. The van der Waals surface area contributed by atoms with Crippen LogP contribution in [-0.4, -0.2) is 27.8 Å². The summed E-state index contributed by atoms with van der Waals surface area (Å²) < 4.78 is 0. The summed E-state index contributed by atoms with van der Waals surface area (Å²) in [6.45, 7) is 3.05. The van der Waals surface area contributed by atoms with Crippen molar-refractivity contribution in [2.75, 3.05) is 11.9 Å². The number of aromatic carboxylic acids is 1. The van der Waals surface area contributed by atoms with Gasteiger partial charge in [-0.15, -0.1) is 5.10 Å². The molecule has 0 bridgehead atoms. The van der Waals surface area contributed by atoms with Gasteiger partial charge in [0.1, 0.15) is 5.82 Å². The Morgan fingerprint density at radius 1 is 1.73 bits per heavy atom. The molecular weight excluding hydrogens is 194 g/mol. The molecule has 2 N–H and O–H groups in total. The predicted octanol–water partition coefficient (Wildman–Crippen LogP) is 1.24. The lowest BCUT2D eigenvalue weighted by atomic mass is 10.3. The van der Waals surface area contributed by atoms with Gasteiger partial charge in [0.2, 0.25) is 0 Å². The fourth-order valence-corrected chi connectivity index (χ4v) is 1.49. The molecule has 0 amide bonds. The highest BCUT2D eigenvalue weighted by Gasteiger charge is 2.31. The van der Waals surface area contributed by atoms with Crippen molar-refractivity contribution in [3.05, 3.63) is 17.8 Å². The lowest BCUT2D eigenvalue weighted by molar-refractivity contribution is 0.0696. The van der Waals surface area contributed by atoms with E-state index in [1.165, 1.54) is 18.7 Å². The van der Waals surface area contributed by atoms with Gasteiger partial charge in [-0.25, -0.2) is 4.79 Å². The topological polar surface area (TPSA) is 75.1 Å². The summed E-state index contributed by atoms with van der Waals surface area (Å²) in [5.74, 6) is 1.02. The van der Waals surface area contributed by atoms with Gasteiger partial charge in [-0.05, 0) is 24.3 Å². The van der Waals surface area contributed by atoms with Gasteiger partial charge in [-0.3, -0.25) is 0 Å². The van der Waals surface area contributed by atoms with Gasteiger partial charge >= 0.3 is 5.97 Å². The Labute approximate surface area is 87.5 Å². The number of carboxylic acid groups (broad SMARTS) is 1. The van der Waals surface area contributed by atoms with Gasteiger partial charge < -0.3 is 10.4 Å². The Kier molecular flexibility index (Phi) is 2.53. The fraction of sp³-hybridized carbons (Fsp3) is 0.500. The molecule has 1 aromatic rings. The molecule has 15 heavy (non-hydrogen) atoms. The van der Waals surface area contributed by atoms with Crippen molar-refractivity contribution in [2.45, 2.75) is 13.3 Å². The first-order valence-corrected chi connectivity index (χ1v) is 4.96. The minimum Gasteiger partial charge on any atom is -0.478 e. The van der Waals surface area contributed by atoms with Crippen LogP contribution in [0.1, 0.15) is 23.7 Å². The van der Waals surface area contributed by atoms with E-state index in [1.807, 2.05) is 0 Å². The lowest BCUT2D eigenvalue weighted by Crippen LogP contribution is -2.08. The van der Waals surface area contributed by atoms with Crippen LogP contribution in [0.3, 0.4) is 0 Å². The predicted molar refractivity (Wildman–Crippen MR) is 54.8 cm³/mol. The van der Waals surface area contributed by atoms with E-state index in [4.69, 9.17) is 5.11 Å². The maximum Gasteiger partial charge on any atom is 0.337 e. The molecule has 2 unspecified atom stereocenters. The zero-order chi connectivity index (χ0) is 10.8. The van der Waals surface area contributed by atoms with Crippen molar-refractivity contribution in [1.82, 2.24) is 10.2 Å². The van der Waals surface area contributed by atoms with E-state index >= 15 is 0 Å². The fourth-order valence-electron chi connectivity index (χ4n) is 1.49. The maximum absolute atomic E-state index is 10.7. The third kappa shape index (κ3) is 2.43. The molecule has 2 atom stereocenters. The Hall–Kier alpha value is -1.65. The molecule has 80 valence electrons. The van der Waals surface area contributed by atoms with Gasteiger partial charge in [-0.1, -0.05) is 6.92 Å². The number of anilines is 1. The number of rotatable bonds is 4. The highest BCUT2D eigenvalue weighted by molar-refractivity contribution is 5.87. The largest absolute Gasteiger partial charge is 0.478 e. The van der Waals surface area contributed by atoms with Crippen LogP contribution in [0.4, 0.5) is 5.82 Å². The number of carbonyl (C=O) groups is 1. The van der Waals surface area contributed by atoms with Crippen LogP contribution in [0.2, 0.25) is 0 Å². The molecule has 5 nitrogen and oxygen atoms in total. The second kappa shape index (κ2) is 3.84. The first-order valence-electron chi connectivity index (χ1n) is 4.96. The number of aromatic nitrogens is 2. The van der Waals surface area contributed by atoms with E-state index < -0.39 is 5.97 Å². The van der Waals surface area contributed by atoms with Crippen LogP contribution in [0, 0.1) is 11.8 Å². The normalized spacial score (nSPS) is 23.5. The Morgan fingerprint density at radius 3 is 3.07 bits per heavy atom. The van der Waals surface area contributed by atoms with E-state index in [9.17, 15) is 4.79 Å². The molecule has 2 rings (SSSR count). The van der Waals surface area contributed by atoms with Crippen LogP contribution in [0.15, 0.2) is 12.3 Å². The number of hydrogen-bond donors (Lipinski definition) is 2. The van der Waals surface area contributed by atoms with Crippen molar-refractivity contribution in [1.29, 1.82) is 0 Å². The summed E-state index contributed by atoms with van der Waals surface area (Å²) in [6.07, 6.45) is 2.48. The van der Waals surface area contributed by atoms with Gasteiger partial charge in [0.15, 0.2) is 0 Å². The highest BCUT2D eigenvalue weighted by atomic mass is 16.4. The van der Waals surface area contributed by atoms with Gasteiger partial charge in [0.25, 0.3) is 0 Å². The molecule has 1 heterocycles. The Bertz CT molecular complexity index is 381. The summed E-state index contributed by atoms with van der Waals surface area (Å²) in [7, 11) is 0. The average molecular weight is 207 g/mol. The smallest absolute Gasteiger partial charge is 0.337 e. The first-order chi connectivity index (χ1) is 7.16. The second-order valence-electron chi connectivity index (χ2n) is 3.99. The Morgan fingerprint density at radius 2 is 2.47 bits per heavy atom. The molecule has 0 spiro atoms. The molecular formula is C10H13N3O2. The Balaban J connectivity index is 1.95. The minimum absolute atomic E-state index is 0.163. The first kappa shape index (κ1) is 9.89. The SMILES string of the molecule is CC1CC1CNc1cc(C(=O)O)cnn1. The van der Waals surface area contributed by atoms with Crippen LogP contribution in [-0.2, 0) is 0 Å². The monoisotopic (exact) mass is 207 g/mol. The van der Waals surface area contributed by atoms with Crippen molar-refractivity contribution in [2.24, 2.45) is 11.8 Å². The molecule has 0 radical (unpaired) electrons. The van der Waals surface area contributed by atoms with Crippen molar-refractivity contribution in [3.63, 3.8) is 0 Å². The van der Waals surface area contributed by atoms with Crippen molar-refractivity contribution < 1.29 is 9.90 Å². The summed E-state index contributed by atoms with van der Waals surface area (Å²) in [4.78, 5) is 10.7.